The number of nitrogens with one attached hydrogen (secondary N) is 1. The predicted molar refractivity (Wildman–Crippen MR) is 82.4 cm³/mol. The Morgan fingerprint density at radius 1 is 1.43 bits per heavy atom. The van der Waals surface area contributed by atoms with Crippen LogP contribution in [0.5, 0.6) is 0 Å². The van der Waals surface area contributed by atoms with Crippen molar-refractivity contribution >= 4 is 23.3 Å². The number of rotatable bonds is 5. The Labute approximate surface area is 129 Å². The normalized spacial score (nSPS) is 11.1. The number of carbonyl (C=O) groups is 2. The summed E-state index contributed by atoms with van der Waals surface area (Å²) in [6.07, 6.45) is 0.854. The molecule has 6 nitrogen and oxygen atoms in total. The molecule has 1 heterocycles. The van der Waals surface area contributed by atoms with E-state index in [1.54, 1.807) is 10.3 Å². The van der Waals surface area contributed by atoms with E-state index in [1.807, 2.05) is 27.7 Å². The van der Waals surface area contributed by atoms with Crippen LogP contribution in [0.1, 0.15) is 49.6 Å². The summed E-state index contributed by atoms with van der Waals surface area (Å²) in [6, 6.07) is -0.126. The van der Waals surface area contributed by atoms with E-state index in [0.29, 0.717) is 18.1 Å². The van der Waals surface area contributed by atoms with Gasteiger partial charge in [0, 0.05) is 17.5 Å². The lowest BCUT2D eigenvalue weighted by Crippen LogP contribution is -2.48. The van der Waals surface area contributed by atoms with Gasteiger partial charge in [-0.05, 0) is 27.2 Å². The van der Waals surface area contributed by atoms with Gasteiger partial charge in [0.2, 0.25) is 0 Å². The third-order valence-electron chi connectivity index (χ3n) is 2.54. The minimum absolute atomic E-state index is 0.126. The molecule has 0 aliphatic carbocycles. The first-order chi connectivity index (χ1) is 9.76. The number of methoxy groups -OCH3 is 1. The second-order valence-electron chi connectivity index (χ2n) is 5.72. The average molecular weight is 313 g/mol. The van der Waals surface area contributed by atoms with Gasteiger partial charge in [-0.1, -0.05) is 6.92 Å². The molecule has 0 atom stereocenters. The fourth-order valence-corrected chi connectivity index (χ4v) is 2.45. The molecular formula is C14H23N3O3S. The largest absolute Gasteiger partial charge is 0.464 e. The summed E-state index contributed by atoms with van der Waals surface area (Å²) < 4.78 is 4.63. The Morgan fingerprint density at radius 3 is 2.62 bits per heavy atom. The monoisotopic (exact) mass is 313 g/mol. The zero-order valence-electron chi connectivity index (χ0n) is 13.2. The zero-order chi connectivity index (χ0) is 16.0. The van der Waals surface area contributed by atoms with E-state index in [1.165, 1.54) is 18.4 Å². The van der Waals surface area contributed by atoms with E-state index in [9.17, 15) is 9.59 Å². The SMILES string of the molecule is CCCN(Cc1nc(C(=O)OC)cs1)C(=O)NC(C)(C)C. The third kappa shape index (κ3) is 5.71. The van der Waals surface area contributed by atoms with Crippen molar-refractivity contribution in [3.63, 3.8) is 0 Å². The minimum atomic E-state index is -0.460. The highest BCUT2D eigenvalue weighted by molar-refractivity contribution is 7.09. The summed E-state index contributed by atoms with van der Waals surface area (Å²) in [5, 5.41) is 5.30. The molecule has 0 unspecified atom stereocenters. The lowest BCUT2D eigenvalue weighted by Gasteiger charge is -2.27. The maximum Gasteiger partial charge on any atom is 0.357 e. The van der Waals surface area contributed by atoms with Crippen LogP contribution in [0.4, 0.5) is 4.79 Å². The Balaban J connectivity index is 2.76. The lowest BCUT2D eigenvalue weighted by atomic mass is 10.1. The second kappa shape index (κ2) is 7.40. The van der Waals surface area contributed by atoms with Crippen LogP contribution >= 0.6 is 11.3 Å². The quantitative estimate of drug-likeness (QED) is 0.848. The topological polar surface area (TPSA) is 71.5 Å². The average Bonchev–Trinajstić information content (AvgIpc) is 2.84. The molecule has 2 amide bonds. The van der Waals surface area contributed by atoms with E-state index >= 15 is 0 Å². The van der Waals surface area contributed by atoms with E-state index in [-0.39, 0.29) is 17.3 Å². The van der Waals surface area contributed by atoms with Crippen molar-refractivity contribution in [3.8, 4) is 0 Å². The number of thiazole rings is 1. The van der Waals surface area contributed by atoms with Crippen LogP contribution in [-0.4, -0.2) is 41.1 Å². The molecule has 0 aliphatic heterocycles. The molecule has 0 saturated heterocycles. The molecule has 0 aromatic carbocycles. The van der Waals surface area contributed by atoms with Gasteiger partial charge in [-0.2, -0.15) is 0 Å². The van der Waals surface area contributed by atoms with Gasteiger partial charge in [-0.3, -0.25) is 0 Å². The minimum Gasteiger partial charge on any atom is -0.464 e. The maximum atomic E-state index is 12.3. The number of carbonyl (C=O) groups excluding carboxylic acids is 2. The summed E-state index contributed by atoms with van der Waals surface area (Å²) in [5.41, 5.74) is -0.00599. The molecule has 7 heteroatoms. The van der Waals surface area contributed by atoms with Crippen LogP contribution in [0, 0.1) is 0 Å². The molecule has 1 N–H and O–H groups in total. The van der Waals surface area contributed by atoms with E-state index in [0.717, 1.165) is 6.42 Å². The number of esters is 1. The fraction of sp³-hybridized carbons (Fsp3) is 0.643. The lowest BCUT2D eigenvalue weighted by molar-refractivity contribution is 0.0594. The van der Waals surface area contributed by atoms with Crippen LogP contribution in [0.25, 0.3) is 0 Å². The molecule has 0 bridgehead atoms. The van der Waals surface area contributed by atoms with Gasteiger partial charge in [0.05, 0.1) is 13.7 Å². The zero-order valence-corrected chi connectivity index (χ0v) is 14.0. The van der Waals surface area contributed by atoms with Gasteiger partial charge in [-0.25, -0.2) is 14.6 Å². The van der Waals surface area contributed by atoms with Crippen molar-refractivity contribution in [2.24, 2.45) is 0 Å². The number of urea groups is 1. The van der Waals surface area contributed by atoms with Gasteiger partial charge in [0.1, 0.15) is 5.01 Å². The molecule has 118 valence electrons. The van der Waals surface area contributed by atoms with Gasteiger partial charge < -0.3 is 15.0 Å². The highest BCUT2D eigenvalue weighted by Gasteiger charge is 2.21. The van der Waals surface area contributed by atoms with Crippen molar-refractivity contribution < 1.29 is 14.3 Å². The molecule has 0 spiro atoms. The molecule has 1 aromatic rings. The second-order valence-corrected chi connectivity index (χ2v) is 6.66. The Hall–Kier alpha value is -1.63. The molecule has 0 aliphatic rings. The molecule has 0 radical (unpaired) electrons. The molecule has 21 heavy (non-hydrogen) atoms. The summed E-state index contributed by atoms with van der Waals surface area (Å²) in [6.45, 7) is 8.85. The summed E-state index contributed by atoms with van der Waals surface area (Å²) in [7, 11) is 1.32. The number of nitrogens with zero attached hydrogens (tertiary/aromatic N) is 2. The highest BCUT2D eigenvalue weighted by atomic mass is 32.1. The van der Waals surface area contributed by atoms with Crippen molar-refractivity contribution in [1.29, 1.82) is 0 Å². The maximum absolute atomic E-state index is 12.3. The van der Waals surface area contributed by atoms with Crippen molar-refractivity contribution in [3.05, 3.63) is 16.1 Å². The van der Waals surface area contributed by atoms with Gasteiger partial charge in [0.15, 0.2) is 5.69 Å². The van der Waals surface area contributed by atoms with E-state index in [2.05, 4.69) is 15.0 Å². The summed E-state index contributed by atoms with van der Waals surface area (Å²) in [5.74, 6) is -0.460. The smallest absolute Gasteiger partial charge is 0.357 e. The van der Waals surface area contributed by atoms with Crippen LogP contribution < -0.4 is 5.32 Å². The molecule has 1 aromatic heterocycles. The molecule has 0 saturated carbocycles. The third-order valence-corrected chi connectivity index (χ3v) is 3.37. The van der Waals surface area contributed by atoms with Crippen LogP contribution in [0.3, 0.4) is 0 Å². The fourth-order valence-electron chi connectivity index (χ4n) is 1.67. The number of hydrogen-bond acceptors (Lipinski definition) is 5. The highest BCUT2D eigenvalue weighted by Crippen LogP contribution is 2.14. The van der Waals surface area contributed by atoms with Crippen LogP contribution in [0.15, 0.2) is 5.38 Å². The van der Waals surface area contributed by atoms with E-state index in [4.69, 9.17) is 0 Å². The molecular weight excluding hydrogens is 290 g/mol. The first-order valence-corrected chi connectivity index (χ1v) is 7.74. The predicted octanol–water partition coefficient (Wildman–Crippen LogP) is 2.65. The van der Waals surface area contributed by atoms with Crippen LogP contribution in [0.2, 0.25) is 0 Å². The first-order valence-electron chi connectivity index (χ1n) is 6.86. The summed E-state index contributed by atoms with van der Waals surface area (Å²) >= 11 is 1.35. The standard InChI is InChI=1S/C14H23N3O3S/c1-6-7-17(13(19)16-14(2,3)4)8-11-15-10(9-21-11)12(18)20-5/h9H,6-8H2,1-5H3,(H,16,19). The number of amides is 2. The summed E-state index contributed by atoms with van der Waals surface area (Å²) in [4.78, 5) is 29.5. The first kappa shape index (κ1) is 17.4. The Morgan fingerprint density at radius 2 is 2.10 bits per heavy atom. The van der Waals surface area contributed by atoms with Gasteiger partial charge in [-0.15, -0.1) is 11.3 Å². The van der Waals surface area contributed by atoms with Crippen molar-refractivity contribution in [2.75, 3.05) is 13.7 Å². The van der Waals surface area contributed by atoms with Crippen molar-refractivity contribution in [1.82, 2.24) is 15.2 Å². The van der Waals surface area contributed by atoms with Crippen LogP contribution in [-0.2, 0) is 11.3 Å². The molecule has 1 rings (SSSR count). The van der Waals surface area contributed by atoms with E-state index < -0.39 is 5.97 Å². The Kier molecular flexibility index (Phi) is 6.14. The number of hydrogen-bond donors (Lipinski definition) is 1. The number of aromatic nitrogens is 1. The Bertz CT molecular complexity index is 494. The van der Waals surface area contributed by atoms with Crippen molar-refractivity contribution in [2.45, 2.75) is 46.2 Å². The van der Waals surface area contributed by atoms with Gasteiger partial charge in [0.25, 0.3) is 0 Å². The number of ether oxygens (including phenoxy) is 1. The molecule has 0 fully saturated rings. The van der Waals surface area contributed by atoms with Gasteiger partial charge >= 0.3 is 12.0 Å².